The minimum Gasteiger partial charge on any atom is -0.375 e. The quantitative estimate of drug-likeness (QED) is 0.802. The summed E-state index contributed by atoms with van der Waals surface area (Å²) in [6.45, 7) is 7.50. The number of urea groups is 1. The molecule has 0 unspecified atom stereocenters. The van der Waals surface area contributed by atoms with Crippen molar-refractivity contribution in [3.63, 3.8) is 0 Å². The number of hydrogen-bond acceptors (Lipinski definition) is 2. The van der Waals surface area contributed by atoms with Gasteiger partial charge in [0, 0.05) is 31.4 Å². The Morgan fingerprint density at radius 2 is 1.84 bits per heavy atom. The standard InChI is InChI=1S/C15H25N3O/c1-15(2,3)17-14(19)16-11-8-12-18(4)13-9-6-5-7-10-13/h5-7,9-10H,8,11-12H2,1-4H3,(H2,16,17,19). The van der Waals surface area contributed by atoms with Crippen molar-refractivity contribution in [2.75, 3.05) is 25.0 Å². The zero-order valence-electron chi connectivity index (χ0n) is 12.4. The topological polar surface area (TPSA) is 44.4 Å². The highest BCUT2D eigenvalue weighted by molar-refractivity contribution is 5.74. The van der Waals surface area contributed by atoms with E-state index in [0.29, 0.717) is 6.54 Å². The third-order valence-corrected chi connectivity index (χ3v) is 2.64. The molecule has 0 aliphatic rings. The maximum absolute atomic E-state index is 11.5. The van der Waals surface area contributed by atoms with Crippen molar-refractivity contribution in [2.24, 2.45) is 0 Å². The third-order valence-electron chi connectivity index (χ3n) is 2.64. The molecule has 0 radical (unpaired) electrons. The number of hydrogen-bond donors (Lipinski definition) is 2. The van der Waals surface area contributed by atoms with E-state index in [1.807, 2.05) is 39.0 Å². The lowest BCUT2D eigenvalue weighted by atomic mass is 10.1. The Kier molecular flexibility index (Phi) is 5.67. The number of nitrogens with one attached hydrogen (secondary N) is 2. The summed E-state index contributed by atoms with van der Waals surface area (Å²) in [5.74, 6) is 0. The molecule has 0 spiro atoms. The van der Waals surface area contributed by atoms with E-state index >= 15 is 0 Å². The Labute approximate surface area is 116 Å². The van der Waals surface area contributed by atoms with E-state index in [1.54, 1.807) is 0 Å². The first kappa shape index (κ1) is 15.3. The molecular weight excluding hydrogens is 238 g/mol. The van der Waals surface area contributed by atoms with Crippen molar-refractivity contribution in [1.82, 2.24) is 10.6 Å². The summed E-state index contributed by atoms with van der Waals surface area (Å²) in [5, 5.41) is 5.74. The molecule has 4 nitrogen and oxygen atoms in total. The number of nitrogens with zero attached hydrogens (tertiary/aromatic N) is 1. The van der Waals surface area contributed by atoms with Gasteiger partial charge >= 0.3 is 6.03 Å². The summed E-state index contributed by atoms with van der Waals surface area (Å²) >= 11 is 0. The molecule has 1 aromatic carbocycles. The second kappa shape index (κ2) is 7.02. The zero-order chi connectivity index (χ0) is 14.3. The van der Waals surface area contributed by atoms with Gasteiger partial charge in [-0.2, -0.15) is 0 Å². The van der Waals surface area contributed by atoms with Gasteiger partial charge in [-0.25, -0.2) is 4.79 Å². The minimum atomic E-state index is -0.190. The molecule has 0 aliphatic carbocycles. The van der Waals surface area contributed by atoms with Gasteiger partial charge in [-0.3, -0.25) is 0 Å². The first-order valence-corrected chi connectivity index (χ1v) is 6.71. The van der Waals surface area contributed by atoms with Crippen LogP contribution in [0.3, 0.4) is 0 Å². The van der Waals surface area contributed by atoms with Crippen molar-refractivity contribution in [1.29, 1.82) is 0 Å². The molecule has 0 aromatic heterocycles. The van der Waals surface area contributed by atoms with E-state index in [2.05, 4.69) is 34.7 Å². The Morgan fingerprint density at radius 1 is 1.21 bits per heavy atom. The molecule has 0 atom stereocenters. The summed E-state index contributed by atoms with van der Waals surface area (Å²) in [5.41, 5.74) is 1.01. The number of carbonyl (C=O) groups excluding carboxylic acids is 1. The monoisotopic (exact) mass is 263 g/mol. The summed E-state index contributed by atoms with van der Waals surface area (Å²) in [7, 11) is 2.06. The van der Waals surface area contributed by atoms with Crippen LogP contribution < -0.4 is 15.5 Å². The van der Waals surface area contributed by atoms with Gasteiger partial charge in [0.15, 0.2) is 0 Å². The van der Waals surface area contributed by atoms with E-state index < -0.39 is 0 Å². The van der Waals surface area contributed by atoms with Crippen LogP contribution in [0.5, 0.6) is 0 Å². The van der Waals surface area contributed by atoms with Gasteiger partial charge in [0.1, 0.15) is 0 Å². The van der Waals surface area contributed by atoms with Crippen molar-refractivity contribution < 1.29 is 4.79 Å². The van der Waals surface area contributed by atoms with Crippen LogP contribution in [-0.2, 0) is 0 Å². The smallest absolute Gasteiger partial charge is 0.315 e. The second-order valence-electron chi connectivity index (χ2n) is 5.74. The van der Waals surface area contributed by atoms with Gasteiger partial charge in [-0.15, -0.1) is 0 Å². The Hall–Kier alpha value is -1.71. The Bertz CT molecular complexity index is 384. The van der Waals surface area contributed by atoms with Crippen molar-refractivity contribution in [3.05, 3.63) is 30.3 Å². The highest BCUT2D eigenvalue weighted by Gasteiger charge is 2.12. The molecule has 2 amide bonds. The van der Waals surface area contributed by atoms with Gasteiger partial charge < -0.3 is 15.5 Å². The van der Waals surface area contributed by atoms with Crippen LogP contribution >= 0.6 is 0 Å². The van der Waals surface area contributed by atoms with Crippen molar-refractivity contribution in [2.45, 2.75) is 32.7 Å². The molecule has 19 heavy (non-hydrogen) atoms. The van der Waals surface area contributed by atoms with E-state index in [1.165, 1.54) is 5.69 Å². The van der Waals surface area contributed by atoms with Crippen LogP contribution in [-0.4, -0.2) is 31.7 Å². The van der Waals surface area contributed by atoms with Crippen LogP contribution in [0.4, 0.5) is 10.5 Å². The lowest BCUT2D eigenvalue weighted by Gasteiger charge is -2.22. The van der Waals surface area contributed by atoms with E-state index in [0.717, 1.165) is 13.0 Å². The van der Waals surface area contributed by atoms with Gasteiger partial charge in [0.2, 0.25) is 0 Å². The summed E-state index contributed by atoms with van der Waals surface area (Å²) in [6.07, 6.45) is 0.920. The molecule has 0 saturated carbocycles. The van der Waals surface area contributed by atoms with Gasteiger partial charge in [-0.05, 0) is 39.3 Å². The number of anilines is 1. The van der Waals surface area contributed by atoms with E-state index in [4.69, 9.17) is 0 Å². The summed E-state index contributed by atoms with van der Waals surface area (Å²) < 4.78 is 0. The number of para-hydroxylation sites is 1. The largest absolute Gasteiger partial charge is 0.375 e. The van der Waals surface area contributed by atoms with E-state index in [-0.39, 0.29) is 11.6 Å². The Morgan fingerprint density at radius 3 is 2.42 bits per heavy atom. The molecule has 2 N–H and O–H groups in total. The maximum Gasteiger partial charge on any atom is 0.315 e. The van der Waals surface area contributed by atoms with Crippen LogP contribution in [0.2, 0.25) is 0 Å². The fourth-order valence-corrected chi connectivity index (χ4v) is 1.71. The number of benzene rings is 1. The van der Waals surface area contributed by atoms with Gasteiger partial charge in [-0.1, -0.05) is 18.2 Å². The highest BCUT2D eigenvalue weighted by Crippen LogP contribution is 2.10. The molecule has 0 bridgehead atoms. The normalized spacial score (nSPS) is 10.9. The average Bonchev–Trinajstić information content (AvgIpc) is 2.33. The first-order valence-electron chi connectivity index (χ1n) is 6.71. The first-order chi connectivity index (χ1) is 8.88. The lowest BCUT2D eigenvalue weighted by molar-refractivity contribution is 0.232. The molecule has 0 saturated heterocycles. The third kappa shape index (κ3) is 6.70. The predicted octanol–water partition coefficient (Wildman–Crippen LogP) is 2.61. The lowest BCUT2D eigenvalue weighted by Crippen LogP contribution is -2.46. The van der Waals surface area contributed by atoms with Gasteiger partial charge in [0.25, 0.3) is 0 Å². The van der Waals surface area contributed by atoms with Crippen LogP contribution in [0, 0.1) is 0 Å². The Balaban J connectivity index is 2.19. The number of carbonyl (C=O) groups is 1. The number of amides is 2. The van der Waals surface area contributed by atoms with Crippen molar-refractivity contribution in [3.8, 4) is 0 Å². The molecule has 1 aromatic rings. The molecular formula is C15H25N3O. The maximum atomic E-state index is 11.5. The van der Waals surface area contributed by atoms with Crippen LogP contribution in [0.15, 0.2) is 30.3 Å². The SMILES string of the molecule is CN(CCCNC(=O)NC(C)(C)C)c1ccccc1. The number of rotatable bonds is 5. The molecule has 0 fully saturated rings. The fourth-order valence-electron chi connectivity index (χ4n) is 1.71. The molecule has 106 valence electrons. The van der Waals surface area contributed by atoms with Crippen molar-refractivity contribution >= 4 is 11.7 Å². The second-order valence-corrected chi connectivity index (χ2v) is 5.74. The average molecular weight is 263 g/mol. The predicted molar refractivity (Wildman–Crippen MR) is 80.6 cm³/mol. The van der Waals surface area contributed by atoms with Crippen LogP contribution in [0.25, 0.3) is 0 Å². The summed E-state index contributed by atoms with van der Waals surface area (Å²) in [6, 6.07) is 10.1. The molecule has 0 aliphatic heterocycles. The highest BCUT2D eigenvalue weighted by atomic mass is 16.2. The fraction of sp³-hybridized carbons (Fsp3) is 0.533. The molecule has 4 heteroatoms. The molecule has 0 heterocycles. The zero-order valence-corrected chi connectivity index (χ0v) is 12.4. The van der Waals surface area contributed by atoms with Gasteiger partial charge in [0.05, 0.1) is 0 Å². The summed E-state index contributed by atoms with van der Waals surface area (Å²) in [4.78, 5) is 13.7. The molecule has 1 rings (SSSR count). The van der Waals surface area contributed by atoms with Crippen LogP contribution in [0.1, 0.15) is 27.2 Å². The minimum absolute atomic E-state index is 0.102. The van der Waals surface area contributed by atoms with E-state index in [9.17, 15) is 4.79 Å².